The molecule has 4 rings (SSSR count). The van der Waals surface area contributed by atoms with Gasteiger partial charge >= 0.3 is 0 Å². The van der Waals surface area contributed by atoms with E-state index in [1.165, 1.54) is 5.56 Å². The molecule has 134 valence electrons. The van der Waals surface area contributed by atoms with E-state index < -0.39 is 0 Å². The second kappa shape index (κ2) is 7.38. The summed E-state index contributed by atoms with van der Waals surface area (Å²) in [7, 11) is 0. The van der Waals surface area contributed by atoms with Crippen LogP contribution in [0.3, 0.4) is 0 Å². The van der Waals surface area contributed by atoms with Gasteiger partial charge in [-0.25, -0.2) is 0 Å². The Morgan fingerprint density at radius 1 is 1.11 bits per heavy atom. The van der Waals surface area contributed by atoms with Gasteiger partial charge in [-0.05, 0) is 48.7 Å². The normalized spacial score (nSPS) is 12.9. The van der Waals surface area contributed by atoms with Gasteiger partial charge in [0.05, 0.1) is 5.56 Å². The quantitative estimate of drug-likeness (QED) is 0.696. The van der Waals surface area contributed by atoms with Crippen LogP contribution in [-0.4, -0.2) is 12.5 Å². The smallest absolute Gasteiger partial charge is 0.293 e. The molecule has 0 spiro atoms. The molecular formula is C22H18N2O3. The first-order valence-electron chi connectivity index (χ1n) is 8.86. The number of nitriles is 1. The molecule has 27 heavy (non-hydrogen) atoms. The number of fused-ring (bicyclic) bond motifs is 1. The summed E-state index contributed by atoms with van der Waals surface area (Å²) in [6.45, 7) is 0.834. The van der Waals surface area contributed by atoms with Gasteiger partial charge in [-0.1, -0.05) is 30.3 Å². The van der Waals surface area contributed by atoms with Crippen molar-refractivity contribution in [3.63, 3.8) is 0 Å². The number of carbonyl (C=O) groups is 1. The summed E-state index contributed by atoms with van der Waals surface area (Å²) >= 11 is 0. The highest BCUT2D eigenvalue weighted by molar-refractivity contribution is 6.04. The highest BCUT2D eigenvalue weighted by Crippen LogP contribution is 2.28. The largest absolute Gasteiger partial charge is 0.484 e. The molecule has 1 aliphatic heterocycles. The minimum atomic E-state index is -0.147. The lowest BCUT2D eigenvalue weighted by atomic mass is 10.0. The predicted octanol–water partition coefficient (Wildman–Crippen LogP) is 4.32. The van der Waals surface area contributed by atoms with E-state index in [-0.39, 0.29) is 12.5 Å². The molecule has 2 heterocycles. The van der Waals surface area contributed by atoms with Gasteiger partial charge in [0.25, 0.3) is 5.91 Å². The average molecular weight is 358 g/mol. The summed E-state index contributed by atoms with van der Waals surface area (Å²) in [5, 5.41) is 9.11. The van der Waals surface area contributed by atoms with E-state index >= 15 is 0 Å². The van der Waals surface area contributed by atoms with Crippen molar-refractivity contribution < 1.29 is 13.9 Å². The number of ether oxygens (including phenoxy) is 1. The predicted molar refractivity (Wildman–Crippen MR) is 101 cm³/mol. The number of nitrogens with zero attached hydrogens (tertiary/aromatic N) is 2. The highest BCUT2D eigenvalue weighted by atomic mass is 16.5. The van der Waals surface area contributed by atoms with Crippen LogP contribution in [-0.2, 0) is 13.0 Å². The Morgan fingerprint density at radius 2 is 1.93 bits per heavy atom. The van der Waals surface area contributed by atoms with Gasteiger partial charge in [0.15, 0.2) is 5.76 Å². The Balaban J connectivity index is 1.48. The molecule has 0 fully saturated rings. The lowest BCUT2D eigenvalue weighted by Gasteiger charge is -2.28. The van der Waals surface area contributed by atoms with E-state index in [0.717, 1.165) is 18.5 Å². The molecule has 0 atom stereocenters. The maximum Gasteiger partial charge on any atom is 0.293 e. The number of anilines is 1. The van der Waals surface area contributed by atoms with Crippen LogP contribution in [0.15, 0.2) is 65.1 Å². The van der Waals surface area contributed by atoms with E-state index in [2.05, 4.69) is 12.1 Å². The van der Waals surface area contributed by atoms with Crippen molar-refractivity contribution in [1.82, 2.24) is 0 Å². The Labute approximate surface area is 157 Å². The molecule has 0 aliphatic carbocycles. The molecule has 0 N–H and O–H groups in total. The number of rotatable bonds is 4. The first-order chi connectivity index (χ1) is 13.3. The topological polar surface area (TPSA) is 66.5 Å². The summed E-state index contributed by atoms with van der Waals surface area (Å²) in [6.07, 6.45) is 1.92. The SMILES string of the molecule is N#Cc1ccccc1OCc1ccc(C(=O)N2CCCc3ccccc32)o1. The maximum atomic E-state index is 12.9. The average Bonchev–Trinajstić information content (AvgIpc) is 3.20. The van der Waals surface area contributed by atoms with E-state index in [0.29, 0.717) is 29.4 Å². The summed E-state index contributed by atoms with van der Waals surface area (Å²) < 4.78 is 11.4. The van der Waals surface area contributed by atoms with E-state index in [4.69, 9.17) is 14.4 Å². The van der Waals surface area contributed by atoms with E-state index in [9.17, 15) is 4.79 Å². The third kappa shape index (κ3) is 3.42. The molecule has 0 radical (unpaired) electrons. The standard InChI is InChI=1S/C22H18N2O3/c23-14-17-7-2-4-10-20(17)26-15-18-11-12-21(27-18)22(25)24-13-5-8-16-6-1-3-9-19(16)24/h1-4,6-7,9-12H,5,8,13,15H2. The van der Waals surface area contributed by atoms with Gasteiger partial charge in [-0.15, -0.1) is 0 Å². The first-order valence-corrected chi connectivity index (χ1v) is 8.86. The third-order valence-corrected chi connectivity index (χ3v) is 4.61. The zero-order chi connectivity index (χ0) is 18.6. The van der Waals surface area contributed by atoms with Gasteiger partial charge in [-0.3, -0.25) is 4.79 Å². The molecule has 0 saturated heterocycles. The van der Waals surface area contributed by atoms with Crippen LogP contribution in [0.25, 0.3) is 0 Å². The highest BCUT2D eigenvalue weighted by Gasteiger charge is 2.25. The molecule has 2 aromatic carbocycles. The van der Waals surface area contributed by atoms with Crippen molar-refractivity contribution >= 4 is 11.6 Å². The van der Waals surface area contributed by atoms with Crippen molar-refractivity contribution in [2.24, 2.45) is 0 Å². The minimum absolute atomic E-state index is 0.147. The third-order valence-electron chi connectivity index (χ3n) is 4.61. The van der Waals surface area contributed by atoms with Gasteiger partial charge in [0, 0.05) is 12.2 Å². The number of aryl methyl sites for hydroxylation is 1. The molecule has 3 aromatic rings. The zero-order valence-corrected chi connectivity index (χ0v) is 14.7. The number of carbonyl (C=O) groups excluding carboxylic acids is 1. The second-order valence-electron chi connectivity index (χ2n) is 6.35. The van der Waals surface area contributed by atoms with Crippen molar-refractivity contribution in [1.29, 1.82) is 5.26 Å². The van der Waals surface area contributed by atoms with Crippen LogP contribution < -0.4 is 9.64 Å². The molecule has 5 nitrogen and oxygen atoms in total. The van der Waals surface area contributed by atoms with Crippen LogP contribution in [0, 0.1) is 11.3 Å². The monoisotopic (exact) mass is 358 g/mol. The van der Waals surface area contributed by atoms with Crippen molar-refractivity contribution in [3.05, 3.63) is 83.3 Å². The number of furan rings is 1. The summed E-state index contributed by atoms with van der Waals surface area (Å²) in [5.74, 6) is 1.18. The summed E-state index contributed by atoms with van der Waals surface area (Å²) in [4.78, 5) is 14.7. The van der Waals surface area contributed by atoms with Gasteiger partial charge in [0.1, 0.15) is 24.2 Å². The summed E-state index contributed by atoms with van der Waals surface area (Å²) in [5.41, 5.74) is 2.59. The molecule has 0 saturated carbocycles. The van der Waals surface area contributed by atoms with Crippen molar-refractivity contribution in [3.8, 4) is 11.8 Å². The van der Waals surface area contributed by atoms with Gasteiger partial charge in [0.2, 0.25) is 0 Å². The Morgan fingerprint density at radius 3 is 2.81 bits per heavy atom. The van der Waals surface area contributed by atoms with E-state index in [1.807, 2.05) is 18.2 Å². The van der Waals surface area contributed by atoms with Gasteiger partial charge in [-0.2, -0.15) is 5.26 Å². The van der Waals surface area contributed by atoms with Crippen molar-refractivity contribution in [2.45, 2.75) is 19.4 Å². The van der Waals surface area contributed by atoms with Crippen LogP contribution in [0.1, 0.15) is 33.9 Å². The second-order valence-corrected chi connectivity index (χ2v) is 6.35. The van der Waals surface area contributed by atoms with Gasteiger partial charge < -0.3 is 14.1 Å². The molecule has 1 aliphatic rings. The lowest BCUT2D eigenvalue weighted by molar-refractivity contribution is 0.0954. The molecule has 1 amide bonds. The fourth-order valence-corrected chi connectivity index (χ4v) is 3.28. The van der Waals surface area contributed by atoms with Crippen LogP contribution in [0.4, 0.5) is 5.69 Å². The zero-order valence-electron chi connectivity index (χ0n) is 14.7. The Hall–Kier alpha value is -3.52. The van der Waals surface area contributed by atoms with Crippen LogP contribution in [0.5, 0.6) is 5.75 Å². The van der Waals surface area contributed by atoms with E-state index in [1.54, 1.807) is 41.3 Å². The van der Waals surface area contributed by atoms with Crippen LogP contribution >= 0.6 is 0 Å². The number of para-hydroxylation sites is 2. The van der Waals surface area contributed by atoms with Crippen LogP contribution in [0.2, 0.25) is 0 Å². The first kappa shape index (κ1) is 16.9. The maximum absolute atomic E-state index is 12.9. The number of hydrogen-bond donors (Lipinski definition) is 0. The Kier molecular flexibility index (Phi) is 4.63. The molecule has 1 aromatic heterocycles. The van der Waals surface area contributed by atoms with Crippen molar-refractivity contribution in [2.75, 3.05) is 11.4 Å². The molecule has 0 unspecified atom stereocenters. The number of benzene rings is 2. The number of amides is 1. The fourth-order valence-electron chi connectivity index (χ4n) is 3.28. The summed E-state index contributed by atoms with van der Waals surface area (Å²) in [6, 6.07) is 20.5. The number of hydrogen-bond acceptors (Lipinski definition) is 4. The molecular weight excluding hydrogens is 340 g/mol. The Bertz CT molecular complexity index is 1020. The minimum Gasteiger partial charge on any atom is -0.484 e. The molecule has 5 heteroatoms. The molecule has 0 bridgehead atoms. The lowest BCUT2D eigenvalue weighted by Crippen LogP contribution is -2.35. The fraction of sp³-hybridized carbons (Fsp3) is 0.182.